The third kappa shape index (κ3) is 4.34. The summed E-state index contributed by atoms with van der Waals surface area (Å²) < 4.78 is 0. The predicted molar refractivity (Wildman–Crippen MR) is 105 cm³/mol. The second-order valence-corrected chi connectivity index (χ2v) is 8.31. The van der Waals surface area contributed by atoms with Gasteiger partial charge in [-0.15, -0.1) is 0 Å². The van der Waals surface area contributed by atoms with Gasteiger partial charge in [0.05, 0.1) is 11.3 Å². The van der Waals surface area contributed by atoms with Gasteiger partial charge < -0.3 is 14.7 Å². The van der Waals surface area contributed by atoms with Crippen LogP contribution in [0, 0.1) is 5.92 Å². The quantitative estimate of drug-likeness (QED) is 0.809. The molecule has 1 saturated carbocycles. The van der Waals surface area contributed by atoms with Gasteiger partial charge in [0.1, 0.15) is 0 Å². The molecule has 6 heteroatoms. The van der Waals surface area contributed by atoms with E-state index in [9.17, 15) is 4.79 Å². The molecule has 0 bridgehead atoms. The molecule has 1 aliphatic heterocycles. The summed E-state index contributed by atoms with van der Waals surface area (Å²) in [6, 6.07) is 0. The van der Waals surface area contributed by atoms with Gasteiger partial charge in [0.2, 0.25) is 5.95 Å². The van der Waals surface area contributed by atoms with Gasteiger partial charge >= 0.3 is 0 Å². The zero-order chi connectivity index (χ0) is 18.7. The van der Waals surface area contributed by atoms with Crippen molar-refractivity contribution in [3.8, 4) is 0 Å². The molecule has 6 nitrogen and oxygen atoms in total. The van der Waals surface area contributed by atoms with Crippen molar-refractivity contribution >= 4 is 11.9 Å². The van der Waals surface area contributed by atoms with Crippen molar-refractivity contribution in [2.45, 2.75) is 44.4 Å². The van der Waals surface area contributed by atoms with Gasteiger partial charge in [-0.1, -0.05) is 19.3 Å². The van der Waals surface area contributed by atoms with E-state index in [2.05, 4.69) is 9.88 Å². The van der Waals surface area contributed by atoms with Crippen LogP contribution in [0.25, 0.3) is 0 Å². The Labute approximate surface area is 157 Å². The molecule has 0 radical (unpaired) electrons. The van der Waals surface area contributed by atoms with Crippen LogP contribution in [0.2, 0.25) is 0 Å². The minimum Gasteiger partial charge on any atom is -0.347 e. The van der Waals surface area contributed by atoms with Crippen molar-refractivity contribution in [3.63, 3.8) is 0 Å². The van der Waals surface area contributed by atoms with Gasteiger partial charge in [0, 0.05) is 53.4 Å². The number of amides is 1. The van der Waals surface area contributed by atoms with Crippen LogP contribution < -0.4 is 4.90 Å². The highest BCUT2D eigenvalue weighted by Crippen LogP contribution is 2.32. The number of hydrogen-bond acceptors (Lipinski definition) is 5. The molecular formula is C20H33N5O. The Morgan fingerprint density at radius 3 is 2.54 bits per heavy atom. The van der Waals surface area contributed by atoms with Crippen LogP contribution in [0.4, 0.5) is 5.95 Å². The number of aromatic nitrogens is 2. The molecular weight excluding hydrogens is 326 g/mol. The van der Waals surface area contributed by atoms with Crippen molar-refractivity contribution in [2.24, 2.45) is 5.92 Å². The lowest BCUT2D eigenvalue weighted by Crippen LogP contribution is -2.29. The van der Waals surface area contributed by atoms with E-state index in [-0.39, 0.29) is 5.91 Å². The fourth-order valence-electron chi connectivity index (χ4n) is 4.27. The van der Waals surface area contributed by atoms with Gasteiger partial charge in [-0.05, 0) is 31.7 Å². The maximum absolute atomic E-state index is 12.6. The van der Waals surface area contributed by atoms with E-state index in [0.29, 0.717) is 17.4 Å². The molecule has 26 heavy (non-hydrogen) atoms. The van der Waals surface area contributed by atoms with Crippen LogP contribution in [-0.4, -0.2) is 73.5 Å². The molecule has 3 rings (SSSR count). The minimum atomic E-state index is -0.00367. The molecule has 0 aromatic carbocycles. The first-order chi connectivity index (χ1) is 12.5. The van der Waals surface area contributed by atoms with Crippen LogP contribution >= 0.6 is 0 Å². The Kier molecular flexibility index (Phi) is 6.12. The maximum atomic E-state index is 12.6. The second kappa shape index (κ2) is 8.33. The molecule has 1 atom stereocenters. The third-order valence-electron chi connectivity index (χ3n) is 5.74. The average Bonchev–Trinajstić information content (AvgIpc) is 3.09. The first-order valence-corrected chi connectivity index (χ1v) is 9.94. The van der Waals surface area contributed by atoms with E-state index in [1.807, 2.05) is 19.0 Å². The first kappa shape index (κ1) is 19.1. The molecule has 0 spiro atoms. The molecule has 1 aliphatic carbocycles. The summed E-state index contributed by atoms with van der Waals surface area (Å²) in [5, 5.41) is 0. The predicted octanol–water partition coefficient (Wildman–Crippen LogP) is 2.61. The number of carbonyl (C=O) groups is 1. The Balaban J connectivity index is 1.76. The molecule has 2 fully saturated rings. The molecule has 2 heterocycles. The number of anilines is 1. The molecule has 1 aromatic rings. The zero-order valence-electron chi connectivity index (χ0n) is 16.7. The molecule has 2 aliphatic rings. The van der Waals surface area contributed by atoms with Gasteiger partial charge in [0.15, 0.2) is 0 Å². The fraction of sp³-hybridized carbons (Fsp3) is 0.750. The summed E-state index contributed by atoms with van der Waals surface area (Å²) in [4.78, 5) is 27.9. The highest BCUT2D eigenvalue weighted by molar-refractivity contribution is 5.95. The minimum absolute atomic E-state index is 0.00367. The third-order valence-corrected chi connectivity index (χ3v) is 5.74. The monoisotopic (exact) mass is 359 g/mol. The summed E-state index contributed by atoms with van der Waals surface area (Å²) in [7, 11) is 7.46. The SMILES string of the molecule is CN(C)C(=O)c1cnc(N(C)C)nc1C1CCN(CC2CCCCC2)C1. The fourth-order valence-corrected chi connectivity index (χ4v) is 4.27. The smallest absolute Gasteiger partial charge is 0.256 e. The number of hydrogen-bond donors (Lipinski definition) is 0. The lowest BCUT2D eigenvalue weighted by molar-refractivity contribution is 0.0825. The summed E-state index contributed by atoms with van der Waals surface area (Å²) in [5.41, 5.74) is 1.58. The van der Waals surface area contributed by atoms with E-state index < -0.39 is 0 Å². The number of nitrogens with zero attached hydrogens (tertiary/aromatic N) is 5. The van der Waals surface area contributed by atoms with Gasteiger partial charge in [0.25, 0.3) is 5.91 Å². The maximum Gasteiger partial charge on any atom is 0.256 e. The van der Waals surface area contributed by atoms with E-state index in [4.69, 9.17) is 4.98 Å². The van der Waals surface area contributed by atoms with Gasteiger partial charge in [-0.3, -0.25) is 4.79 Å². The standard InChI is InChI=1S/C20H33N5O/c1-23(2)19(26)17-12-21-20(24(3)4)22-18(17)16-10-11-25(14-16)13-15-8-6-5-7-9-15/h12,15-16H,5-11,13-14H2,1-4H3. The number of carbonyl (C=O) groups excluding carboxylic acids is 1. The summed E-state index contributed by atoms with van der Waals surface area (Å²) in [6.07, 6.45) is 9.73. The highest BCUT2D eigenvalue weighted by Gasteiger charge is 2.31. The van der Waals surface area contributed by atoms with Crippen LogP contribution in [0.1, 0.15) is 60.5 Å². The average molecular weight is 360 g/mol. The van der Waals surface area contributed by atoms with E-state index >= 15 is 0 Å². The van der Waals surface area contributed by atoms with Crippen molar-refractivity contribution in [1.29, 1.82) is 0 Å². The molecule has 0 N–H and O–H groups in total. The van der Waals surface area contributed by atoms with Crippen LogP contribution in [-0.2, 0) is 0 Å². The Morgan fingerprint density at radius 2 is 1.88 bits per heavy atom. The van der Waals surface area contributed by atoms with Crippen molar-refractivity contribution < 1.29 is 4.79 Å². The zero-order valence-corrected chi connectivity index (χ0v) is 16.7. The topological polar surface area (TPSA) is 52.6 Å². The van der Waals surface area contributed by atoms with Crippen LogP contribution in [0.15, 0.2) is 6.20 Å². The summed E-state index contributed by atoms with van der Waals surface area (Å²) >= 11 is 0. The molecule has 144 valence electrons. The second-order valence-electron chi connectivity index (χ2n) is 8.31. The van der Waals surface area contributed by atoms with E-state index in [0.717, 1.165) is 31.1 Å². The van der Waals surface area contributed by atoms with Crippen LogP contribution in [0.3, 0.4) is 0 Å². The van der Waals surface area contributed by atoms with E-state index in [1.165, 1.54) is 38.6 Å². The number of rotatable bonds is 5. The first-order valence-electron chi connectivity index (χ1n) is 9.94. The Morgan fingerprint density at radius 1 is 1.15 bits per heavy atom. The lowest BCUT2D eigenvalue weighted by atomic mass is 9.89. The molecule has 1 saturated heterocycles. The van der Waals surface area contributed by atoms with Crippen LogP contribution in [0.5, 0.6) is 0 Å². The van der Waals surface area contributed by atoms with Crippen molar-refractivity contribution in [3.05, 3.63) is 17.5 Å². The van der Waals surface area contributed by atoms with Gasteiger partial charge in [-0.25, -0.2) is 9.97 Å². The summed E-state index contributed by atoms with van der Waals surface area (Å²) in [6.45, 7) is 3.32. The molecule has 1 aromatic heterocycles. The van der Waals surface area contributed by atoms with Crippen molar-refractivity contribution in [2.75, 3.05) is 52.7 Å². The molecule has 1 amide bonds. The normalized spacial score (nSPS) is 21.8. The van der Waals surface area contributed by atoms with Gasteiger partial charge in [-0.2, -0.15) is 0 Å². The lowest BCUT2D eigenvalue weighted by Gasteiger charge is -2.27. The van der Waals surface area contributed by atoms with E-state index in [1.54, 1.807) is 25.2 Å². The Hall–Kier alpha value is -1.69. The summed E-state index contributed by atoms with van der Waals surface area (Å²) in [5.74, 6) is 1.85. The number of likely N-dealkylation sites (tertiary alicyclic amines) is 1. The highest BCUT2D eigenvalue weighted by atomic mass is 16.2. The largest absolute Gasteiger partial charge is 0.347 e. The Bertz CT molecular complexity index is 625. The van der Waals surface area contributed by atoms with Crippen molar-refractivity contribution in [1.82, 2.24) is 19.8 Å². The molecule has 1 unspecified atom stereocenters.